The first-order chi connectivity index (χ1) is 8.11. The minimum absolute atomic E-state index is 0.0230. The number of hydrogen-bond donors (Lipinski definition) is 1. The van der Waals surface area contributed by atoms with E-state index in [1.165, 1.54) is 11.3 Å². The number of morpholine rings is 1. The summed E-state index contributed by atoms with van der Waals surface area (Å²) in [6.07, 6.45) is -0.284. The number of thiophene rings is 1. The van der Waals surface area contributed by atoms with E-state index in [1.807, 2.05) is 25.3 Å². The average molecular weight is 255 g/mol. The van der Waals surface area contributed by atoms with Crippen LogP contribution in [0.25, 0.3) is 0 Å². The van der Waals surface area contributed by atoms with Gasteiger partial charge in [0.05, 0.1) is 23.7 Å². The third-order valence-corrected chi connectivity index (χ3v) is 3.88. The summed E-state index contributed by atoms with van der Waals surface area (Å²) in [5, 5.41) is 11.1. The van der Waals surface area contributed by atoms with Gasteiger partial charge < -0.3 is 14.7 Å². The van der Waals surface area contributed by atoms with Crippen molar-refractivity contribution in [3.8, 4) is 0 Å². The molecule has 1 aliphatic heterocycles. The molecule has 0 saturated carbocycles. The largest absolute Gasteiger partial charge is 0.394 e. The molecule has 1 aliphatic rings. The molecule has 2 heterocycles. The van der Waals surface area contributed by atoms with E-state index in [0.717, 1.165) is 10.4 Å². The molecule has 0 radical (unpaired) electrons. The number of amides is 1. The summed E-state index contributed by atoms with van der Waals surface area (Å²) < 4.78 is 5.52. The summed E-state index contributed by atoms with van der Waals surface area (Å²) in [7, 11) is 0. The van der Waals surface area contributed by atoms with E-state index >= 15 is 0 Å². The zero-order chi connectivity index (χ0) is 12.4. The number of aliphatic hydroxyl groups excluding tert-OH is 1. The smallest absolute Gasteiger partial charge is 0.264 e. The van der Waals surface area contributed by atoms with Crippen molar-refractivity contribution < 1.29 is 14.6 Å². The van der Waals surface area contributed by atoms with Crippen LogP contribution in [0.3, 0.4) is 0 Å². The van der Waals surface area contributed by atoms with Gasteiger partial charge in [0.1, 0.15) is 0 Å². The van der Waals surface area contributed by atoms with Crippen molar-refractivity contribution >= 4 is 17.2 Å². The minimum atomic E-state index is -0.261. The van der Waals surface area contributed by atoms with E-state index < -0.39 is 0 Å². The van der Waals surface area contributed by atoms with Gasteiger partial charge in [0.2, 0.25) is 0 Å². The minimum Gasteiger partial charge on any atom is -0.394 e. The van der Waals surface area contributed by atoms with E-state index in [-0.39, 0.29) is 24.7 Å². The van der Waals surface area contributed by atoms with E-state index in [1.54, 1.807) is 4.90 Å². The first kappa shape index (κ1) is 12.5. The van der Waals surface area contributed by atoms with Crippen LogP contribution in [-0.4, -0.2) is 47.8 Å². The molecule has 1 fully saturated rings. The third-order valence-electron chi connectivity index (χ3n) is 2.87. The lowest BCUT2D eigenvalue weighted by Gasteiger charge is -2.36. The van der Waals surface area contributed by atoms with E-state index in [0.29, 0.717) is 13.1 Å². The number of carbonyl (C=O) groups excluding carboxylic acids is 1. The average Bonchev–Trinajstić information content (AvgIpc) is 2.73. The predicted molar refractivity (Wildman–Crippen MR) is 66.4 cm³/mol. The molecule has 2 unspecified atom stereocenters. The zero-order valence-corrected chi connectivity index (χ0v) is 10.9. The van der Waals surface area contributed by atoms with Gasteiger partial charge >= 0.3 is 0 Å². The number of nitrogens with zero attached hydrogens (tertiary/aromatic N) is 1. The lowest BCUT2D eigenvalue weighted by atomic mass is 10.2. The number of aliphatic hydroxyl groups is 1. The van der Waals surface area contributed by atoms with E-state index in [4.69, 9.17) is 9.84 Å². The van der Waals surface area contributed by atoms with Crippen LogP contribution in [0, 0.1) is 6.92 Å². The summed E-state index contributed by atoms with van der Waals surface area (Å²) in [6, 6.07) is 1.95. The Hall–Kier alpha value is -0.910. The highest BCUT2D eigenvalue weighted by atomic mass is 32.1. The Labute approximate surface area is 105 Å². The molecule has 1 aromatic heterocycles. The van der Waals surface area contributed by atoms with Crippen LogP contribution in [0.2, 0.25) is 0 Å². The Morgan fingerprint density at radius 2 is 2.41 bits per heavy atom. The molecule has 1 saturated heterocycles. The second kappa shape index (κ2) is 5.16. The van der Waals surface area contributed by atoms with Crippen LogP contribution in [0.1, 0.15) is 22.2 Å². The standard InChI is InChI=1S/C12H17NO3S/c1-8-3-4-17-11(8)12(15)13-5-9(2)16-10(6-13)7-14/h3-4,9-10,14H,5-7H2,1-2H3. The van der Waals surface area contributed by atoms with Gasteiger partial charge in [-0.1, -0.05) is 0 Å². The Balaban J connectivity index is 2.11. The van der Waals surface area contributed by atoms with Gasteiger partial charge in [-0.15, -0.1) is 11.3 Å². The number of aryl methyl sites for hydroxylation is 1. The van der Waals surface area contributed by atoms with Gasteiger partial charge in [-0.2, -0.15) is 0 Å². The lowest BCUT2D eigenvalue weighted by molar-refractivity contribution is -0.0857. The molecule has 1 amide bonds. The molecule has 5 heteroatoms. The maximum atomic E-state index is 12.3. The molecule has 1 aromatic rings. The van der Waals surface area contributed by atoms with Crippen LogP contribution >= 0.6 is 11.3 Å². The van der Waals surface area contributed by atoms with Crippen molar-refractivity contribution in [2.45, 2.75) is 26.1 Å². The fraction of sp³-hybridized carbons (Fsp3) is 0.583. The van der Waals surface area contributed by atoms with Crippen LogP contribution in [0.15, 0.2) is 11.4 Å². The van der Waals surface area contributed by atoms with Gasteiger partial charge in [-0.25, -0.2) is 0 Å². The van der Waals surface area contributed by atoms with Gasteiger partial charge in [-0.3, -0.25) is 4.79 Å². The molecule has 2 atom stereocenters. The molecule has 0 spiro atoms. The molecule has 0 aliphatic carbocycles. The molecular weight excluding hydrogens is 238 g/mol. The van der Waals surface area contributed by atoms with Crippen LogP contribution in [0.4, 0.5) is 0 Å². The molecule has 1 N–H and O–H groups in total. The van der Waals surface area contributed by atoms with Gasteiger partial charge in [0.25, 0.3) is 5.91 Å². The zero-order valence-electron chi connectivity index (χ0n) is 10.0. The fourth-order valence-electron chi connectivity index (χ4n) is 2.05. The van der Waals surface area contributed by atoms with Crippen molar-refractivity contribution in [1.82, 2.24) is 4.90 Å². The predicted octanol–water partition coefficient (Wildman–Crippen LogP) is 1.28. The maximum absolute atomic E-state index is 12.3. The third kappa shape index (κ3) is 2.68. The second-order valence-corrected chi connectivity index (χ2v) is 5.31. The summed E-state index contributed by atoms with van der Waals surface area (Å²) in [5.74, 6) is 0.0473. The van der Waals surface area contributed by atoms with Crippen LogP contribution < -0.4 is 0 Å². The lowest BCUT2D eigenvalue weighted by Crippen LogP contribution is -2.50. The van der Waals surface area contributed by atoms with Crippen molar-refractivity contribution in [1.29, 1.82) is 0 Å². The normalized spacial score (nSPS) is 25.0. The highest BCUT2D eigenvalue weighted by Gasteiger charge is 2.29. The molecule has 94 valence electrons. The first-order valence-electron chi connectivity index (χ1n) is 5.71. The molecule has 17 heavy (non-hydrogen) atoms. The number of hydrogen-bond acceptors (Lipinski definition) is 4. The molecule has 2 rings (SSSR count). The van der Waals surface area contributed by atoms with E-state index in [9.17, 15) is 4.79 Å². The fourth-order valence-corrected chi connectivity index (χ4v) is 2.94. The SMILES string of the molecule is Cc1ccsc1C(=O)N1CC(C)OC(CO)C1. The second-order valence-electron chi connectivity index (χ2n) is 4.39. The Bertz CT molecular complexity index is 404. The number of rotatable bonds is 2. The van der Waals surface area contributed by atoms with Crippen LogP contribution in [-0.2, 0) is 4.74 Å². The van der Waals surface area contributed by atoms with Crippen molar-refractivity contribution in [2.24, 2.45) is 0 Å². The van der Waals surface area contributed by atoms with Gasteiger partial charge in [0.15, 0.2) is 0 Å². The van der Waals surface area contributed by atoms with Gasteiger partial charge in [-0.05, 0) is 30.9 Å². The van der Waals surface area contributed by atoms with Gasteiger partial charge in [0, 0.05) is 13.1 Å². The maximum Gasteiger partial charge on any atom is 0.264 e. The van der Waals surface area contributed by atoms with Crippen molar-refractivity contribution in [3.63, 3.8) is 0 Å². The van der Waals surface area contributed by atoms with E-state index in [2.05, 4.69) is 0 Å². The molecule has 4 nitrogen and oxygen atoms in total. The highest BCUT2D eigenvalue weighted by Crippen LogP contribution is 2.20. The summed E-state index contributed by atoms with van der Waals surface area (Å²) >= 11 is 1.47. The first-order valence-corrected chi connectivity index (χ1v) is 6.59. The molecule has 0 aromatic carbocycles. The van der Waals surface area contributed by atoms with Crippen molar-refractivity contribution in [3.05, 3.63) is 21.9 Å². The Kier molecular flexibility index (Phi) is 3.81. The summed E-state index contributed by atoms with van der Waals surface area (Å²) in [5.41, 5.74) is 1.01. The summed E-state index contributed by atoms with van der Waals surface area (Å²) in [6.45, 7) is 4.88. The monoisotopic (exact) mass is 255 g/mol. The van der Waals surface area contributed by atoms with Crippen molar-refractivity contribution in [2.75, 3.05) is 19.7 Å². The Morgan fingerprint density at radius 3 is 3.00 bits per heavy atom. The van der Waals surface area contributed by atoms with Crippen LogP contribution in [0.5, 0.6) is 0 Å². The Morgan fingerprint density at radius 1 is 1.65 bits per heavy atom. The quantitative estimate of drug-likeness (QED) is 0.866. The highest BCUT2D eigenvalue weighted by molar-refractivity contribution is 7.12. The summed E-state index contributed by atoms with van der Waals surface area (Å²) in [4.78, 5) is 14.8. The molecule has 0 bridgehead atoms. The number of carbonyl (C=O) groups is 1. The topological polar surface area (TPSA) is 49.8 Å². The molecular formula is C12H17NO3S. The number of ether oxygens (including phenoxy) is 1.